The van der Waals surface area contributed by atoms with Crippen LogP contribution in [0.1, 0.15) is 16.8 Å². The first kappa shape index (κ1) is 14.2. The van der Waals surface area contributed by atoms with Gasteiger partial charge in [0, 0.05) is 37.2 Å². The van der Waals surface area contributed by atoms with Crippen LogP contribution in [0.3, 0.4) is 0 Å². The Morgan fingerprint density at radius 3 is 2.86 bits per heavy atom. The number of carbonyl (C=O) groups excluding carboxylic acids is 1. The van der Waals surface area contributed by atoms with Crippen molar-refractivity contribution >= 4 is 23.2 Å². The summed E-state index contributed by atoms with van der Waals surface area (Å²) in [6, 6.07) is 2.03. The highest BCUT2D eigenvalue weighted by Crippen LogP contribution is 2.22. The number of nitrogens with one attached hydrogen (secondary N) is 3. The molecule has 2 aromatic heterocycles. The number of rotatable bonds is 5. The van der Waals surface area contributed by atoms with Gasteiger partial charge in [0.2, 0.25) is 0 Å². The lowest BCUT2D eigenvalue weighted by molar-refractivity contribution is 0.100. The van der Waals surface area contributed by atoms with E-state index in [1.807, 2.05) is 0 Å². The van der Waals surface area contributed by atoms with Crippen LogP contribution in [-0.4, -0.2) is 40.0 Å². The van der Waals surface area contributed by atoms with Crippen molar-refractivity contribution in [2.45, 2.75) is 12.5 Å². The minimum Gasteiger partial charge on any atom is -0.380 e. The zero-order valence-corrected chi connectivity index (χ0v) is 11.9. The number of hydrogen-bond donors (Lipinski definition) is 4. The molecule has 3 heterocycles. The number of pyridine rings is 1. The van der Waals surface area contributed by atoms with Crippen LogP contribution < -0.4 is 21.7 Å². The van der Waals surface area contributed by atoms with Gasteiger partial charge in [0.25, 0.3) is 5.91 Å². The van der Waals surface area contributed by atoms with Crippen LogP contribution in [0, 0.1) is 0 Å². The van der Waals surface area contributed by atoms with Gasteiger partial charge in [0.1, 0.15) is 11.6 Å². The number of aromatic nitrogens is 3. The third-order valence-corrected chi connectivity index (χ3v) is 3.41. The maximum Gasteiger partial charge on any atom is 0.252 e. The van der Waals surface area contributed by atoms with Crippen LogP contribution >= 0.6 is 0 Å². The van der Waals surface area contributed by atoms with Crippen molar-refractivity contribution < 1.29 is 4.79 Å². The molecule has 8 nitrogen and oxygen atoms in total. The van der Waals surface area contributed by atoms with Crippen molar-refractivity contribution in [1.29, 1.82) is 0 Å². The summed E-state index contributed by atoms with van der Waals surface area (Å²) in [5.74, 6) is 0.640. The fourth-order valence-electron chi connectivity index (χ4n) is 2.33. The lowest BCUT2D eigenvalue weighted by atomic mass is 10.2. The first-order chi connectivity index (χ1) is 10.7. The van der Waals surface area contributed by atoms with Gasteiger partial charge >= 0.3 is 0 Å². The van der Waals surface area contributed by atoms with Gasteiger partial charge in [-0.2, -0.15) is 0 Å². The molecule has 0 radical (unpaired) electrons. The van der Waals surface area contributed by atoms with Crippen LogP contribution in [0.25, 0.3) is 0 Å². The summed E-state index contributed by atoms with van der Waals surface area (Å²) >= 11 is 0. The molecule has 8 heteroatoms. The van der Waals surface area contributed by atoms with Gasteiger partial charge in [-0.1, -0.05) is 0 Å². The largest absolute Gasteiger partial charge is 0.380 e. The molecule has 3 rings (SSSR count). The van der Waals surface area contributed by atoms with E-state index in [-0.39, 0.29) is 6.04 Å². The van der Waals surface area contributed by atoms with E-state index in [2.05, 4.69) is 30.9 Å². The molecule has 1 aliphatic rings. The number of carbonyl (C=O) groups is 1. The number of nitrogens with two attached hydrogens (primary N) is 1. The van der Waals surface area contributed by atoms with Gasteiger partial charge in [-0.15, -0.1) is 0 Å². The Morgan fingerprint density at radius 2 is 2.18 bits per heavy atom. The second kappa shape index (κ2) is 6.35. The summed E-state index contributed by atoms with van der Waals surface area (Å²) in [6.07, 6.45) is 7.23. The summed E-state index contributed by atoms with van der Waals surface area (Å²) in [5.41, 5.74) is 6.46. The van der Waals surface area contributed by atoms with Gasteiger partial charge < -0.3 is 21.7 Å². The number of primary amides is 1. The first-order valence-corrected chi connectivity index (χ1v) is 7.02. The molecular formula is C14H17N7O. The SMILES string of the molecule is NC(=O)c1cnc(Nc2cnccn2)cc1N[C@@H]1CCNC1. The van der Waals surface area contributed by atoms with E-state index in [0.717, 1.165) is 19.5 Å². The van der Waals surface area contributed by atoms with E-state index in [4.69, 9.17) is 5.73 Å². The van der Waals surface area contributed by atoms with Crippen molar-refractivity contribution in [2.75, 3.05) is 23.7 Å². The van der Waals surface area contributed by atoms with E-state index in [0.29, 0.717) is 22.9 Å². The Morgan fingerprint density at radius 1 is 1.27 bits per heavy atom. The molecule has 1 amide bonds. The summed E-state index contributed by atoms with van der Waals surface area (Å²) < 4.78 is 0. The number of hydrogen-bond acceptors (Lipinski definition) is 7. The molecule has 1 aliphatic heterocycles. The zero-order valence-electron chi connectivity index (χ0n) is 11.9. The molecule has 1 atom stereocenters. The van der Waals surface area contributed by atoms with Crippen molar-refractivity contribution in [3.8, 4) is 0 Å². The Kier molecular flexibility index (Phi) is 4.10. The highest BCUT2D eigenvalue weighted by atomic mass is 16.1. The van der Waals surface area contributed by atoms with E-state index in [1.54, 1.807) is 24.7 Å². The third-order valence-electron chi connectivity index (χ3n) is 3.41. The van der Waals surface area contributed by atoms with Crippen LogP contribution in [0.15, 0.2) is 30.9 Å². The highest BCUT2D eigenvalue weighted by molar-refractivity contribution is 5.98. The van der Waals surface area contributed by atoms with E-state index in [1.165, 1.54) is 6.20 Å². The number of anilines is 3. The van der Waals surface area contributed by atoms with E-state index < -0.39 is 5.91 Å². The summed E-state index contributed by atoms with van der Waals surface area (Å²) in [4.78, 5) is 23.9. The average Bonchev–Trinajstić information content (AvgIpc) is 3.01. The molecule has 114 valence electrons. The van der Waals surface area contributed by atoms with Crippen molar-refractivity contribution in [3.05, 3.63) is 36.4 Å². The van der Waals surface area contributed by atoms with Gasteiger partial charge in [-0.25, -0.2) is 9.97 Å². The predicted molar refractivity (Wildman–Crippen MR) is 83.0 cm³/mol. The van der Waals surface area contributed by atoms with Crippen molar-refractivity contribution in [1.82, 2.24) is 20.3 Å². The van der Waals surface area contributed by atoms with Crippen molar-refractivity contribution in [3.63, 3.8) is 0 Å². The highest BCUT2D eigenvalue weighted by Gasteiger charge is 2.18. The Labute approximate surface area is 127 Å². The topological polar surface area (TPSA) is 118 Å². The minimum absolute atomic E-state index is 0.268. The van der Waals surface area contributed by atoms with Gasteiger partial charge in [-0.3, -0.25) is 9.78 Å². The predicted octanol–water partition coefficient (Wildman–Crippen LogP) is 0.488. The molecule has 1 fully saturated rings. The fraction of sp³-hybridized carbons (Fsp3) is 0.286. The zero-order chi connectivity index (χ0) is 15.4. The second-order valence-corrected chi connectivity index (χ2v) is 5.03. The van der Waals surface area contributed by atoms with Crippen LogP contribution in [0.2, 0.25) is 0 Å². The molecule has 0 saturated carbocycles. The standard InChI is InChI=1S/C14H17N7O/c15-14(22)10-7-19-12(21-13-8-17-3-4-18-13)5-11(10)20-9-1-2-16-6-9/h3-5,7-9,16H,1-2,6H2,(H2,15,22)(H2,18,19,20,21)/t9-/m1/s1. The monoisotopic (exact) mass is 299 g/mol. The number of amides is 1. The van der Waals surface area contributed by atoms with E-state index >= 15 is 0 Å². The molecule has 0 aromatic carbocycles. The summed E-state index contributed by atoms with van der Waals surface area (Å²) in [5, 5.41) is 9.65. The fourth-order valence-corrected chi connectivity index (χ4v) is 2.33. The van der Waals surface area contributed by atoms with Crippen LogP contribution in [-0.2, 0) is 0 Å². The van der Waals surface area contributed by atoms with Crippen molar-refractivity contribution in [2.24, 2.45) is 5.73 Å². The molecule has 1 saturated heterocycles. The van der Waals surface area contributed by atoms with E-state index in [9.17, 15) is 4.79 Å². The maximum atomic E-state index is 11.5. The Hall–Kier alpha value is -2.74. The molecule has 2 aromatic rings. The molecule has 0 unspecified atom stereocenters. The van der Waals surface area contributed by atoms with Gasteiger partial charge in [-0.05, 0) is 13.0 Å². The average molecular weight is 299 g/mol. The quantitative estimate of drug-likeness (QED) is 0.634. The van der Waals surface area contributed by atoms with Gasteiger partial charge in [0.05, 0.1) is 17.4 Å². The molecule has 0 bridgehead atoms. The molecule has 0 spiro atoms. The molecular weight excluding hydrogens is 282 g/mol. The summed E-state index contributed by atoms with van der Waals surface area (Å²) in [7, 11) is 0. The van der Waals surface area contributed by atoms with Crippen LogP contribution in [0.5, 0.6) is 0 Å². The first-order valence-electron chi connectivity index (χ1n) is 7.02. The lowest BCUT2D eigenvalue weighted by Crippen LogP contribution is -2.24. The Bertz CT molecular complexity index is 655. The second-order valence-electron chi connectivity index (χ2n) is 5.03. The molecule has 22 heavy (non-hydrogen) atoms. The Balaban J connectivity index is 1.84. The van der Waals surface area contributed by atoms with Crippen LogP contribution in [0.4, 0.5) is 17.3 Å². The minimum atomic E-state index is -0.507. The third kappa shape index (κ3) is 3.29. The van der Waals surface area contributed by atoms with Gasteiger partial charge in [0.15, 0.2) is 0 Å². The molecule has 5 N–H and O–H groups in total. The maximum absolute atomic E-state index is 11.5. The lowest BCUT2D eigenvalue weighted by Gasteiger charge is -2.16. The number of nitrogens with zero attached hydrogens (tertiary/aromatic N) is 3. The summed E-state index contributed by atoms with van der Waals surface area (Å²) in [6.45, 7) is 1.81. The normalized spacial score (nSPS) is 17.2. The molecule has 0 aliphatic carbocycles. The smallest absolute Gasteiger partial charge is 0.252 e.